The Morgan fingerprint density at radius 3 is 2.44 bits per heavy atom. The lowest BCUT2D eigenvalue weighted by molar-refractivity contribution is -0.120. The van der Waals surface area contributed by atoms with E-state index in [-0.39, 0.29) is 5.91 Å². The minimum Gasteiger partial charge on any atom is -0.352 e. The minimum absolute atomic E-state index is 0.0348. The van der Waals surface area contributed by atoms with Gasteiger partial charge in [0.2, 0.25) is 15.9 Å². The van der Waals surface area contributed by atoms with Gasteiger partial charge in [0.15, 0.2) is 0 Å². The van der Waals surface area contributed by atoms with Crippen LogP contribution in [0.15, 0.2) is 46.7 Å². The number of rotatable bonds is 6. The van der Waals surface area contributed by atoms with E-state index < -0.39 is 10.0 Å². The molecule has 0 spiro atoms. The van der Waals surface area contributed by atoms with Gasteiger partial charge in [0.25, 0.3) is 0 Å². The van der Waals surface area contributed by atoms with Crippen LogP contribution < -0.4 is 5.32 Å². The number of amides is 1. The number of nitrogens with zero attached hydrogens (tertiary/aromatic N) is 1. The fraction of sp³-hybridized carbons (Fsp3) is 0.389. The van der Waals surface area contributed by atoms with Crippen LogP contribution in [0.4, 0.5) is 0 Å². The molecule has 0 radical (unpaired) electrons. The topological polar surface area (TPSA) is 66.5 Å². The number of hydrogen-bond donors (Lipinski definition) is 1. The molecule has 0 atom stereocenters. The summed E-state index contributed by atoms with van der Waals surface area (Å²) in [5, 5.41) is 4.82. The van der Waals surface area contributed by atoms with Gasteiger partial charge < -0.3 is 5.32 Å². The van der Waals surface area contributed by atoms with Crippen molar-refractivity contribution < 1.29 is 13.2 Å². The Hall–Kier alpha value is -1.70. The fourth-order valence-corrected chi connectivity index (χ4v) is 5.09. The van der Waals surface area contributed by atoms with Gasteiger partial charge in [-0.1, -0.05) is 24.6 Å². The van der Waals surface area contributed by atoms with Crippen LogP contribution in [0.5, 0.6) is 0 Å². The maximum atomic E-state index is 12.6. The lowest BCUT2D eigenvalue weighted by Crippen LogP contribution is -2.35. The molecule has 1 saturated heterocycles. The molecule has 1 aromatic heterocycles. The summed E-state index contributed by atoms with van der Waals surface area (Å²) in [5.41, 5.74) is 0.886. The summed E-state index contributed by atoms with van der Waals surface area (Å²) >= 11 is 1.56. The zero-order valence-electron chi connectivity index (χ0n) is 14.0. The van der Waals surface area contributed by atoms with Crippen LogP contribution >= 0.6 is 11.3 Å². The fourth-order valence-electron chi connectivity index (χ4n) is 2.87. The first-order valence-corrected chi connectivity index (χ1v) is 10.8. The van der Waals surface area contributed by atoms with Crippen molar-refractivity contribution in [2.24, 2.45) is 0 Å². The van der Waals surface area contributed by atoms with Crippen molar-refractivity contribution in [1.82, 2.24) is 9.62 Å². The number of hydrogen-bond acceptors (Lipinski definition) is 4. The summed E-state index contributed by atoms with van der Waals surface area (Å²) in [7, 11) is -3.40. The molecular formula is C18H22N2O3S2. The molecule has 1 aliphatic heterocycles. The maximum Gasteiger partial charge on any atom is 0.243 e. The van der Waals surface area contributed by atoms with Crippen molar-refractivity contribution in [3.05, 3.63) is 52.2 Å². The lowest BCUT2D eigenvalue weighted by atomic mass is 10.2. The largest absolute Gasteiger partial charge is 0.352 e. The molecule has 1 fully saturated rings. The molecule has 2 aromatic rings. The summed E-state index contributed by atoms with van der Waals surface area (Å²) in [6, 6.07) is 10.7. The average molecular weight is 379 g/mol. The summed E-state index contributed by atoms with van der Waals surface area (Å²) in [6.07, 6.45) is 3.32. The first-order valence-electron chi connectivity index (χ1n) is 8.44. The molecule has 0 saturated carbocycles. The van der Waals surface area contributed by atoms with E-state index >= 15 is 0 Å². The Kier molecular flexibility index (Phi) is 5.88. The Morgan fingerprint density at radius 2 is 1.80 bits per heavy atom. The van der Waals surface area contributed by atoms with Crippen LogP contribution in [0.3, 0.4) is 0 Å². The Labute approximate surface area is 152 Å². The molecule has 1 amide bonds. The Balaban J connectivity index is 1.57. The summed E-state index contributed by atoms with van der Waals surface area (Å²) in [4.78, 5) is 13.3. The summed E-state index contributed by atoms with van der Waals surface area (Å²) in [5.74, 6) is -0.0348. The summed E-state index contributed by atoms with van der Waals surface area (Å²) in [6.45, 7) is 1.60. The van der Waals surface area contributed by atoms with E-state index in [1.165, 1.54) is 0 Å². The third kappa shape index (κ3) is 4.68. The van der Waals surface area contributed by atoms with Gasteiger partial charge in [0, 0.05) is 24.5 Å². The zero-order chi connectivity index (χ0) is 17.7. The number of carbonyl (C=O) groups excluding carboxylic acids is 1. The van der Waals surface area contributed by atoms with Crippen molar-refractivity contribution >= 4 is 27.3 Å². The number of benzene rings is 1. The van der Waals surface area contributed by atoms with E-state index in [4.69, 9.17) is 0 Å². The highest BCUT2D eigenvalue weighted by molar-refractivity contribution is 7.89. The SMILES string of the molecule is O=C(Cc1cccs1)NCc1ccc(S(=O)(=O)N2CCCCC2)cc1. The van der Waals surface area contributed by atoms with Gasteiger partial charge in [0.05, 0.1) is 11.3 Å². The van der Waals surface area contributed by atoms with E-state index in [0.717, 1.165) is 29.7 Å². The highest BCUT2D eigenvalue weighted by Crippen LogP contribution is 2.20. The van der Waals surface area contributed by atoms with Gasteiger partial charge in [-0.15, -0.1) is 11.3 Å². The van der Waals surface area contributed by atoms with Crippen LogP contribution in [-0.2, 0) is 27.8 Å². The van der Waals surface area contributed by atoms with E-state index in [1.54, 1.807) is 39.9 Å². The zero-order valence-corrected chi connectivity index (χ0v) is 15.6. The highest BCUT2D eigenvalue weighted by Gasteiger charge is 2.25. The first-order chi connectivity index (χ1) is 12.1. The van der Waals surface area contributed by atoms with Crippen molar-refractivity contribution in [2.75, 3.05) is 13.1 Å². The monoisotopic (exact) mass is 378 g/mol. The second-order valence-corrected chi connectivity index (χ2v) is 9.11. The van der Waals surface area contributed by atoms with Gasteiger partial charge in [0.1, 0.15) is 0 Å². The van der Waals surface area contributed by atoms with Gasteiger partial charge >= 0.3 is 0 Å². The number of sulfonamides is 1. The van der Waals surface area contributed by atoms with Crippen molar-refractivity contribution in [2.45, 2.75) is 37.1 Å². The van der Waals surface area contributed by atoms with Crippen LogP contribution in [0.1, 0.15) is 29.7 Å². The van der Waals surface area contributed by atoms with Crippen LogP contribution in [0.2, 0.25) is 0 Å². The van der Waals surface area contributed by atoms with Crippen molar-refractivity contribution in [3.63, 3.8) is 0 Å². The molecule has 0 bridgehead atoms. The number of thiophene rings is 1. The molecule has 0 aliphatic carbocycles. The van der Waals surface area contributed by atoms with E-state index in [9.17, 15) is 13.2 Å². The molecule has 5 nitrogen and oxygen atoms in total. The van der Waals surface area contributed by atoms with Crippen LogP contribution in [0, 0.1) is 0 Å². The molecule has 1 aromatic carbocycles. The second-order valence-electron chi connectivity index (χ2n) is 6.14. The van der Waals surface area contributed by atoms with Crippen molar-refractivity contribution in [1.29, 1.82) is 0 Å². The molecule has 134 valence electrons. The molecule has 1 N–H and O–H groups in total. The molecule has 2 heterocycles. The molecule has 0 unspecified atom stereocenters. The lowest BCUT2D eigenvalue weighted by Gasteiger charge is -2.25. The average Bonchev–Trinajstić information content (AvgIpc) is 3.14. The smallest absolute Gasteiger partial charge is 0.243 e. The normalized spacial score (nSPS) is 15.8. The summed E-state index contributed by atoms with van der Waals surface area (Å²) < 4.78 is 26.8. The minimum atomic E-state index is -3.40. The number of nitrogens with one attached hydrogen (secondary N) is 1. The predicted molar refractivity (Wildman–Crippen MR) is 98.9 cm³/mol. The maximum absolute atomic E-state index is 12.6. The quantitative estimate of drug-likeness (QED) is 0.840. The van der Waals surface area contributed by atoms with E-state index in [0.29, 0.717) is 31.0 Å². The molecule has 1 aliphatic rings. The second kappa shape index (κ2) is 8.12. The van der Waals surface area contributed by atoms with Crippen molar-refractivity contribution in [3.8, 4) is 0 Å². The van der Waals surface area contributed by atoms with Gasteiger partial charge in [-0.25, -0.2) is 8.42 Å². The van der Waals surface area contributed by atoms with Crippen LogP contribution in [-0.4, -0.2) is 31.7 Å². The van der Waals surface area contributed by atoms with Gasteiger partial charge in [-0.2, -0.15) is 4.31 Å². The van der Waals surface area contributed by atoms with E-state index in [2.05, 4.69) is 5.32 Å². The van der Waals surface area contributed by atoms with E-state index in [1.807, 2.05) is 17.5 Å². The predicted octanol–water partition coefficient (Wildman–Crippen LogP) is 2.78. The molecule has 3 rings (SSSR count). The Morgan fingerprint density at radius 1 is 1.08 bits per heavy atom. The van der Waals surface area contributed by atoms with Gasteiger partial charge in [-0.3, -0.25) is 4.79 Å². The first kappa shape index (κ1) is 18.1. The standard InChI is InChI=1S/C18H22N2O3S2/c21-18(13-16-5-4-12-24-16)19-14-15-6-8-17(9-7-15)25(22,23)20-10-2-1-3-11-20/h4-9,12H,1-3,10-11,13-14H2,(H,19,21). The highest BCUT2D eigenvalue weighted by atomic mass is 32.2. The molecule has 25 heavy (non-hydrogen) atoms. The van der Waals surface area contributed by atoms with Crippen LogP contribution in [0.25, 0.3) is 0 Å². The third-order valence-corrected chi connectivity index (χ3v) is 7.07. The number of piperidine rings is 1. The Bertz CT molecular complexity index is 793. The van der Waals surface area contributed by atoms with Gasteiger partial charge in [-0.05, 0) is 42.0 Å². The molecular weight excluding hydrogens is 356 g/mol. The number of carbonyl (C=O) groups is 1. The third-order valence-electron chi connectivity index (χ3n) is 4.28. The molecule has 7 heteroatoms.